The van der Waals surface area contributed by atoms with Crippen LogP contribution in [0.15, 0.2) is 23.8 Å². The van der Waals surface area contributed by atoms with Crippen LogP contribution < -0.4 is 0 Å². The molecule has 9 nitrogen and oxygen atoms in total. The quantitative estimate of drug-likeness (QED) is 0.261. The lowest BCUT2D eigenvalue weighted by Gasteiger charge is -2.59. The summed E-state index contributed by atoms with van der Waals surface area (Å²) < 4.78 is 73.5. The monoisotopic (exact) mass is 576 g/mol. The third-order valence-electron chi connectivity index (χ3n) is 10.3. The van der Waals surface area contributed by atoms with Gasteiger partial charge >= 0.3 is 20.8 Å². The van der Waals surface area contributed by atoms with Crippen LogP contribution in [0.5, 0.6) is 0 Å². The van der Waals surface area contributed by atoms with Crippen LogP contribution in [0, 0.1) is 46.3 Å². The molecule has 3 saturated carbocycles. The van der Waals surface area contributed by atoms with E-state index in [-0.39, 0.29) is 35.7 Å². The molecule has 0 aromatic rings. The maximum Gasteiger partial charge on any atom is 0.397 e. The highest BCUT2D eigenvalue weighted by Gasteiger charge is 2.60. The molecule has 0 radical (unpaired) electrons. The van der Waals surface area contributed by atoms with Crippen LogP contribution in [0.25, 0.3) is 0 Å². The summed E-state index contributed by atoms with van der Waals surface area (Å²) in [7, 11) is -9.18. The lowest BCUT2D eigenvalue weighted by molar-refractivity contribution is -0.0843. The molecule has 0 bridgehead atoms. The molecule has 38 heavy (non-hydrogen) atoms. The van der Waals surface area contributed by atoms with E-state index in [1.807, 2.05) is 0 Å². The maximum atomic E-state index is 11.4. The first-order valence-corrected chi connectivity index (χ1v) is 16.6. The van der Waals surface area contributed by atoms with E-state index in [4.69, 9.17) is 12.9 Å². The van der Waals surface area contributed by atoms with E-state index < -0.39 is 33.0 Å². The van der Waals surface area contributed by atoms with Crippen LogP contribution in [-0.4, -0.2) is 49.9 Å². The van der Waals surface area contributed by atoms with Crippen molar-refractivity contribution in [3.05, 3.63) is 23.8 Å². The smallest absolute Gasteiger partial charge is 0.390 e. The van der Waals surface area contributed by atoms with Crippen LogP contribution in [0.4, 0.5) is 0 Å². The van der Waals surface area contributed by atoms with Crippen LogP contribution in [0.3, 0.4) is 0 Å². The molecule has 0 spiro atoms. The molecule has 4 aliphatic rings. The lowest BCUT2D eigenvalue weighted by Crippen LogP contribution is -2.53. The number of hydrogen-bond acceptors (Lipinski definition) is 7. The summed E-state index contributed by atoms with van der Waals surface area (Å²) in [6, 6.07) is 0. The van der Waals surface area contributed by atoms with E-state index in [1.165, 1.54) is 0 Å². The Morgan fingerprint density at radius 3 is 2.42 bits per heavy atom. The van der Waals surface area contributed by atoms with Gasteiger partial charge in [-0.3, -0.25) is 9.11 Å². The highest BCUT2D eigenvalue weighted by atomic mass is 32.3. The summed E-state index contributed by atoms with van der Waals surface area (Å²) in [5.74, 6) is 1.75. The SMILES string of the molecule is CC(C)CC=CC(COS(=O)(=O)O)C1CCC2C3CC=C4CC(OS(=O)(=O)O)C(O)CC4(C)C3CCC12C. The first kappa shape index (κ1) is 30.1. The summed E-state index contributed by atoms with van der Waals surface area (Å²) in [6.45, 7) is 8.70. The predicted molar refractivity (Wildman–Crippen MR) is 143 cm³/mol. The minimum absolute atomic E-state index is 0.0117. The molecule has 0 saturated heterocycles. The fourth-order valence-electron chi connectivity index (χ4n) is 8.67. The molecule has 9 atom stereocenters. The van der Waals surface area contributed by atoms with Gasteiger partial charge in [0.15, 0.2) is 0 Å². The fraction of sp³-hybridized carbons (Fsp3) is 0.852. The van der Waals surface area contributed by atoms with Crippen LogP contribution in [0.2, 0.25) is 0 Å². The number of aliphatic hydroxyl groups is 1. The first-order valence-electron chi connectivity index (χ1n) is 13.9. The van der Waals surface area contributed by atoms with Crippen molar-refractivity contribution in [3.63, 3.8) is 0 Å². The number of aliphatic hydroxyl groups excluding tert-OH is 1. The van der Waals surface area contributed by atoms with Gasteiger partial charge in [-0.05, 0) is 91.8 Å². The minimum Gasteiger partial charge on any atom is -0.390 e. The van der Waals surface area contributed by atoms with E-state index in [2.05, 4.69) is 45.9 Å². The molecule has 0 aliphatic heterocycles. The number of rotatable bonds is 9. The van der Waals surface area contributed by atoms with Crippen LogP contribution in [0.1, 0.15) is 79.1 Å². The van der Waals surface area contributed by atoms with Gasteiger partial charge in [0.05, 0.1) is 12.7 Å². The van der Waals surface area contributed by atoms with Crippen molar-refractivity contribution in [2.24, 2.45) is 46.3 Å². The van der Waals surface area contributed by atoms with Gasteiger partial charge in [-0.15, -0.1) is 0 Å². The molecular formula is C27H44O9S2. The topological polar surface area (TPSA) is 147 Å². The third-order valence-corrected chi connectivity index (χ3v) is 11.3. The van der Waals surface area contributed by atoms with E-state index >= 15 is 0 Å². The van der Waals surface area contributed by atoms with Gasteiger partial charge in [0, 0.05) is 5.92 Å². The summed E-state index contributed by atoms with van der Waals surface area (Å²) >= 11 is 0. The van der Waals surface area contributed by atoms with Crippen molar-refractivity contribution in [2.45, 2.75) is 91.3 Å². The zero-order chi connectivity index (χ0) is 28.1. The van der Waals surface area contributed by atoms with Crippen molar-refractivity contribution in [3.8, 4) is 0 Å². The highest BCUT2D eigenvalue weighted by Crippen LogP contribution is 2.67. The van der Waals surface area contributed by atoms with E-state index in [1.54, 1.807) is 0 Å². The largest absolute Gasteiger partial charge is 0.397 e. The molecule has 4 aliphatic carbocycles. The van der Waals surface area contributed by atoms with Crippen LogP contribution >= 0.6 is 0 Å². The lowest BCUT2D eigenvalue weighted by atomic mass is 9.46. The van der Waals surface area contributed by atoms with Crippen molar-refractivity contribution < 1.29 is 39.4 Å². The minimum atomic E-state index is -4.65. The number of allylic oxidation sites excluding steroid dienone is 2. The molecule has 3 N–H and O–H groups in total. The molecule has 0 heterocycles. The van der Waals surface area contributed by atoms with E-state index in [9.17, 15) is 26.5 Å². The zero-order valence-electron chi connectivity index (χ0n) is 22.8. The van der Waals surface area contributed by atoms with Gasteiger partial charge in [0.25, 0.3) is 0 Å². The molecular weight excluding hydrogens is 532 g/mol. The van der Waals surface area contributed by atoms with Crippen molar-refractivity contribution in [1.82, 2.24) is 0 Å². The Morgan fingerprint density at radius 2 is 1.79 bits per heavy atom. The molecule has 3 fully saturated rings. The molecule has 4 rings (SSSR count). The molecule has 218 valence electrons. The van der Waals surface area contributed by atoms with Gasteiger partial charge < -0.3 is 5.11 Å². The summed E-state index contributed by atoms with van der Waals surface area (Å²) in [5.41, 5.74) is 0.820. The van der Waals surface area contributed by atoms with Crippen molar-refractivity contribution in [2.75, 3.05) is 6.61 Å². The first-order chi connectivity index (χ1) is 17.5. The summed E-state index contributed by atoms with van der Waals surface area (Å²) in [5, 5.41) is 10.8. The normalized spacial score (nSPS) is 40.5. The average molecular weight is 577 g/mol. The Balaban J connectivity index is 1.56. The van der Waals surface area contributed by atoms with E-state index in [0.717, 1.165) is 44.1 Å². The van der Waals surface area contributed by atoms with Gasteiger partial charge in [-0.2, -0.15) is 16.8 Å². The zero-order valence-corrected chi connectivity index (χ0v) is 24.5. The summed E-state index contributed by atoms with van der Waals surface area (Å²) in [4.78, 5) is 0. The Kier molecular flexibility index (Phi) is 8.62. The molecule has 9 unspecified atom stereocenters. The second-order valence-electron chi connectivity index (χ2n) is 13.0. The van der Waals surface area contributed by atoms with Crippen LogP contribution in [-0.2, 0) is 29.2 Å². The van der Waals surface area contributed by atoms with Gasteiger partial charge in [-0.1, -0.05) is 51.5 Å². The standard InChI is InChI=1S/C27H44O9S2/c1-17(2)6-5-7-18(16-35-37(29,30)31)21-10-11-22-20-9-8-19-14-25(36-38(32,33)34)24(28)15-27(19,4)23(20)12-13-26(21,22)3/h5,7-8,17-18,20-25,28H,6,9-16H2,1-4H3,(H,29,30,31)(H,32,33,34). The Hall–Kier alpha value is -0.820. The summed E-state index contributed by atoms with van der Waals surface area (Å²) in [6.07, 6.45) is 10.7. The highest BCUT2D eigenvalue weighted by molar-refractivity contribution is 7.81. The second-order valence-corrected chi connectivity index (χ2v) is 15.1. The number of hydrogen-bond donors (Lipinski definition) is 3. The average Bonchev–Trinajstić information content (AvgIpc) is 3.12. The van der Waals surface area contributed by atoms with Gasteiger partial charge in [0.1, 0.15) is 6.10 Å². The van der Waals surface area contributed by atoms with Gasteiger partial charge in [-0.25, -0.2) is 8.37 Å². The predicted octanol–water partition coefficient (Wildman–Crippen LogP) is 4.76. The van der Waals surface area contributed by atoms with Crippen molar-refractivity contribution in [1.29, 1.82) is 0 Å². The third kappa shape index (κ3) is 6.24. The molecule has 0 aromatic heterocycles. The van der Waals surface area contributed by atoms with E-state index in [0.29, 0.717) is 30.1 Å². The maximum absolute atomic E-state index is 11.4. The fourth-order valence-corrected chi connectivity index (χ4v) is 9.51. The molecule has 11 heteroatoms. The Morgan fingerprint density at radius 1 is 1.08 bits per heavy atom. The number of fused-ring (bicyclic) bond motifs is 5. The Bertz CT molecular complexity index is 1150. The Labute approximate surface area is 228 Å². The molecule has 0 aromatic carbocycles. The second kappa shape index (κ2) is 10.9. The molecule has 0 amide bonds. The van der Waals surface area contributed by atoms with Crippen molar-refractivity contribution >= 4 is 20.8 Å². The van der Waals surface area contributed by atoms with Gasteiger partial charge in [0.2, 0.25) is 0 Å².